The summed E-state index contributed by atoms with van der Waals surface area (Å²) in [5.41, 5.74) is 1.71. The van der Waals surface area contributed by atoms with Gasteiger partial charge in [-0.05, 0) is 48.7 Å². The monoisotopic (exact) mass is 570 g/mol. The molecule has 10 heteroatoms. The Morgan fingerprint density at radius 2 is 1.89 bits per heavy atom. The second-order valence-electron chi connectivity index (χ2n) is 9.78. The molecule has 1 aliphatic heterocycles. The number of hydrogen-bond acceptors (Lipinski definition) is 4. The third kappa shape index (κ3) is 6.83. The molecule has 1 aliphatic rings. The quantitative estimate of drug-likeness (QED) is 0.349. The van der Waals surface area contributed by atoms with Gasteiger partial charge in [-0.25, -0.2) is 0 Å². The van der Waals surface area contributed by atoms with Crippen LogP contribution >= 0.6 is 23.2 Å². The number of carbonyl (C=O) groups excluding carboxylic acids is 2. The molecule has 0 aromatic heterocycles. The van der Waals surface area contributed by atoms with Gasteiger partial charge in [-0.3, -0.25) is 9.59 Å². The predicted octanol–water partition coefficient (Wildman–Crippen LogP) is 7.06. The van der Waals surface area contributed by atoms with E-state index in [2.05, 4.69) is 0 Å². The minimum atomic E-state index is -4.45. The molecule has 0 saturated carbocycles. The Labute approximate surface area is 231 Å². The SMILES string of the molecule is CC(=O)OC1CCN(C(=O)c2ccc(Cl)c(C/C=C/c3c(C)cc(C(F)(F)F)cc3N(C)C)c2Cl)CC1C. The van der Waals surface area contributed by atoms with Crippen LogP contribution in [-0.4, -0.2) is 50.1 Å². The molecular formula is C28H31Cl2F3N2O3. The third-order valence-electron chi connectivity index (χ3n) is 6.63. The molecule has 1 heterocycles. The van der Waals surface area contributed by atoms with Gasteiger partial charge in [-0.15, -0.1) is 0 Å². The van der Waals surface area contributed by atoms with Crippen LogP contribution in [0.25, 0.3) is 6.08 Å². The van der Waals surface area contributed by atoms with E-state index in [0.717, 1.165) is 12.1 Å². The number of halogens is 5. The van der Waals surface area contributed by atoms with Gasteiger partial charge in [0.25, 0.3) is 5.91 Å². The number of likely N-dealkylation sites (tertiary alicyclic amines) is 1. The van der Waals surface area contributed by atoms with Crippen molar-refractivity contribution in [3.05, 3.63) is 68.2 Å². The first-order chi connectivity index (χ1) is 17.7. The van der Waals surface area contributed by atoms with Crippen molar-refractivity contribution in [2.24, 2.45) is 5.92 Å². The van der Waals surface area contributed by atoms with E-state index < -0.39 is 11.7 Å². The van der Waals surface area contributed by atoms with Crippen molar-refractivity contribution in [3.8, 4) is 0 Å². The highest BCUT2D eigenvalue weighted by Gasteiger charge is 2.33. The minimum Gasteiger partial charge on any atom is -0.462 e. The maximum atomic E-state index is 13.3. The van der Waals surface area contributed by atoms with Gasteiger partial charge in [0.2, 0.25) is 0 Å². The molecule has 206 valence electrons. The normalized spacial score (nSPS) is 18.1. The largest absolute Gasteiger partial charge is 0.462 e. The molecule has 0 bridgehead atoms. The second kappa shape index (κ2) is 12.0. The molecule has 0 spiro atoms. The molecule has 2 unspecified atom stereocenters. The summed E-state index contributed by atoms with van der Waals surface area (Å²) < 4.78 is 45.3. The molecule has 5 nitrogen and oxygen atoms in total. The number of esters is 1. The van der Waals surface area contributed by atoms with E-state index in [9.17, 15) is 22.8 Å². The van der Waals surface area contributed by atoms with Crippen LogP contribution in [0.15, 0.2) is 30.3 Å². The van der Waals surface area contributed by atoms with Crippen molar-refractivity contribution in [2.45, 2.75) is 45.9 Å². The van der Waals surface area contributed by atoms with Gasteiger partial charge in [0.05, 0.1) is 16.1 Å². The van der Waals surface area contributed by atoms with Gasteiger partial charge < -0.3 is 14.5 Å². The number of piperidine rings is 1. The number of aryl methyl sites for hydroxylation is 1. The molecule has 2 atom stereocenters. The van der Waals surface area contributed by atoms with Gasteiger partial charge in [-0.2, -0.15) is 13.2 Å². The van der Waals surface area contributed by atoms with Crippen molar-refractivity contribution < 1.29 is 27.5 Å². The Morgan fingerprint density at radius 1 is 1.21 bits per heavy atom. The topological polar surface area (TPSA) is 49.9 Å². The molecule has 1 saturated heterocycles. The molecule has 2 aromatic rings. The molecule has 0 radical (unpaired) electrons. The Bertz CT molecular complexity index is 1240. The predicted molar refractivity (Wildman–Crippen MR) is 145 cm³/mol. The standard InChI is InChI=1S/C28H31Cl2F3N2O3/c1-16-13-19(28(31,32)33)14-24(34(4)5)20(16)7-6-8-21-23(29)10-9-22(26(21)30)27(37)35-12-11-25(17(2)15-35)38-18(3)36/h6-7,9-10,13-14,17,25H,8,11-12,15H2,1-5H3/b7-6+. The van der Waals surface area contributed by atoms with Crippen LogP contribution in [0.1, 0.15) is 52.9 Å². The number of ether oxygens (including phenoxy) is 1. The van der Waals surface area contributed by atoms with Crippen LogP contribution < -0.4 is 4.90 Å². The number of nitrogens with zero attached hydrogens (tertiary/aromatic N) is 2. The molecule has 3 rings (SSSR count). The molecule has 2 aromatic carbocycles. The molecule has 38 heavy (non-hydrogen) atoms. The van der Waals surface area contributed by atoms with Gasteiger partial charge >= 0.3 is 12.1 Å². The first-order valence-corrected chi connectivity index (χ1v) is 12.9. The summed E-state index contributed by atoms with van der Waals surface area (Å²) >= 11 is 13.1. The number of alkyl halides is 3. The maximum absolute atomic E-state index is 13.3. The fraction of sp³-hybridized carbons (Fsp3) is 0.429. The van der Waals surface area contributed by atoms with Gasteiger partial charge in [0.15, 0.2) is 0 Å². The number of carbonyl (C=O) groups is 2. The summed E-state index contributed by atoms with van der Waals surface area (Å²) in [5, 5.41) is 0.619. The third-order valence-corrected chi connectivity index (χ3v) is 7.41. The van der Waals surface area contributed by atoms with Crippen LogP contribution in [0, 0.1) is 12.8 Å². The fourth-order valence-electron chi connectivity index (χ4n) is 4.64. The average Bonchev–Trinajstić information content (AvgIpc) is 2.81. The number of anilines is 1. The number of amides is 1. The van der Waals surface area contributed by atoms with Crippen molar-refractivity contribution >= 4 is 46.8 Å². The zero-order valence-corrected chi connectivity index (χ0v) is 23.5. The zero-order valence-electron chi connectivity index (χ0n) is 22.0. The molecule has 0 N–H and O–H groups in total. The van der Waals surface area contributed by atoms with Crippen LogP contribution in [0.2, 0.25) is 10.0 Å². The number of hydrogen-bond donors (Lipinski definition) is 0. The van der Waals surface area contributed by atoms with Gasteiger partial charge in [0.1, 0.15) is 6.10 Å². The van der Waals surface area contributed by atoms with Crippen molar-refractivity contribution in [3.63, 3.8) is 0 Å². The number of rotatable bonds is 6. The van der Waals surface area contributed by atoms with E-state index >= 15 is 0 Å². The molecular weight excluding hydrogens is 540 g/mol. The van der Waals surface area contributed by atoms with E-state index in [1.165, 1.54) is 6.92 Å². The van der Waals surface area contributed by atoms with E-state index in [1.54, 1.807) is 55.1 Å². The zero-order chi connectivity index (χ0) is 28.4. The average molecular weight is 571 g/mol. The highest BCUT2D eigenvalue weighted by atomic mass is 35.5. The number of benzene rings is 2. The highest BCUT2D eigenvalue weighted by molar-refractivity contribution is 6.38. The Hall–Kier alpha value is -2.71. The lowest BCUT2D eigenvalue weighted by Crippen LogP contribution is -2.46. The van der Waals surface area contributed by atoms with Gasteiger partial charge in [0, 0.05) is 62.7 Å². The van der Waals surface area contributed by atoms with E-state index in [1.807, 2.05) is 6.92 Å². The van der Waals surface area contributed by atoms with Crippen molar-refractivity contribution in [1.82, 2.24) is 4.90 Å². The Balaban J connectivity index is 1.83. The summed E-state index contributed by atoms with van der Waals surface area (Å²) in [6.07, 6.45) is -0.354. The van der Waals surface area contributed by atoms with Gasteiger partial charge in [-0.1, -0.05) is 42.3 Å². The summed E-state index contributed by atoms with van der Waals surface area (Å²) in [5.74, 6) is -0.606. The van der Waals surface area contributed by atoms with Crippen molar-refractivity contribution in [1.29, 1.82) is 0 Å². The first-order valence-electron chi connectivity index (χ1n) is 12.2. The second-order valence-corrected chi connectivity index (χ2v) is 10.6. The lowest BCUT2D eigenvalue weighted by atomic mass is 9.95. The summed E-state index contributed by atoms with van der Waals surface area (Å²) in [6.45, 7) is 5.78. The maximum Gasteiger partial charge on any atom is 0.416 e. The van der Waals surface area contributed by atoms with Crippen LogP contribution in [0.3, 0.4) is 0 Å². The van der Waals surface area contributed by atoms with Crippen LogP contribution in [0.4, 0.5) is 18.9 Å². The van der Waals surface area contributed by atoms with E-state index in [0.29, 0.717) is 52.5 Å². The Kier molecular flexibility index (Phi) is 9.42. The lowest BCUT2D eigenvalue weighted by Gasteiger charge is -2.36. The fourth-order valence-corrected chi connectivity index (χ4v) is 5.25. The lowest BCUT2D eigenvalue weighted by molar-refractivity contribution is -0.151. The number of allylic oxidation sites excluding steroid dienone is 1. The first kappa shape index (κ1) is 29.8. The smallest absolute Gasteiger partial charge is 0.416 e. The van der Waals surface area contributed by atoms with Crippen LogP contribution in [-0.2, 0) is 22.1 Å². The molecule has 1 fully saturated rings. The highest BCUT2D eigenvalue weighted by Crippen LogP contribution is 2.36. The minimum absolute atomic E-state index is 0.0251. The molecule has 0 aliphatic carbocycles. The van der Waals surface area contributed by atoms with E-state index in [4.69, 9.17) is 27.9 Å². The Morgan fingerprint density at radius 3 is 2.47 bits per heavy atom. The summed E-state index contributed by atoms with van der Waals surface area (Å²) in [6, 6.07) is 5.45. The van der Waals surface area contributed by atoms with Crippen molar-refractivity contribution in [2.75, 3.05) is 32.1 Å². The summed E-state index contributed by atoms with van der Waals surface area (Å²) in [4.78, 5) is 28.0. The summed E-state index contributed by atoms with van der Waals surface area (Å²) in [7, 11) is 3.37. The van der Waals surface area contributed by atoms with Crippen LogP contribution in [0.5, 0.6) is 0 Å². The van der Waals surface area contributed by atoms with E-state index in [-0.39, 0.29) is 35.3 Å². The molecule has 1 amide bonds.